The lowest BCUT2D eigenvalue weighted by Crippen LogP contribution is -2.30. The molecule has 0 saturated carbocycles. The maximum Gasteiger partial charge on any atom is 0.338 e. The highest BCUT2D eigenvalue weighted by molar-refractivity contribution is 5.89. The Labute approximate surface area is 145 Å². The minimum Gasteiger partial charge on any atom is -0.495 e. The minimum atomic E-state index is -0.415. The number of hydrogen-bond donors (Lipinski definition) is 0. The fourth-order valence-electron chi connectivity index (χ4n) is 2.44. The van der Waals surface area contributed by atoms with E-state index in [-0.39, 0.29) is 12.7 Å². The van der Waals surface area contributed by atoms with Crippen molar-refractivity contribution in [2.24, 2.45) is 0 Å². The quantitative estimate of drug-likeness (QED) is 0.782. The van der Waals surface area contributed by atoms with Gasteiger partial charge in [0.2, 0.25) is 0 Å². The number of ether oxygens (including phenoxy) is 3. The Morgan fingerprint density at radius 3 is 2.16 bits per heavy atom. The summed E-state index contributed by atoms with van der Waals surface area (Å²) in [4.78, 5) is 24.0. The second kappa shape index (κ2) is 8.15. The molecule has 0 aromatic heterocycles. The van der Waals surface area contributed by atoms with E-state index in [9.17, 15) is 9.59 Å². The van der Waals surface area contributed by atoms with Gasteiger partial charge in [-0.3, -0.25) is 0 Å². The molecule has 1 aliphatic rings. The fraction of sp³-hybridized carbons (Fsp3) is 0.200. The summed E-state index contributed by atoms with van der Waals surface area (Å²) in [6, 6.07) is 17.5. The van der Waals surface area contributed by atoms with Crippen LogP contribution in [0.3, 0.4) is 0 Å². The summed E-state index contributed by atoms with van der Waals surface area (Å²) in [5, 5.41) is 0. The van der Waals surface area contributed by atoms with Crippen molar-refractivity contribution in [2.45, 2.75) is 18.6 Å². The van der Waals surface area contributed by atoms with Gasteiger partial charge in [-0.15, -0.1) is 0 Å². The average molecular weight is 338 g/mol. The minimum absolute atomic E-state index is 0.0947. The summed E-state index contributed by atoms with van der Waals surface area (Å²) in [6.07, 6.45) is 2.81. The molecule has 0 fully saturated rings. The first kappa shape index (κ1) is 16.8. The van der Waals surface area contributed by atoms with E-state index in [0.717, 1.165) is 0 Å². The van der Waals surface area contributed by atoms with Gasteiger partial charge < -0.3 is 14.2 Å². The number of rotatable bonds is 5. The summed E-state index contributed by atoms with van der Waals surface area (Å²) in [7, 11) is 0. The van der Waals surface area contributed by atoms with Crippen LogP contribution in [0.5, 0.6) is 0 Å². The molecule has 1 aliphatic heterocycles. The first-order valence-electron chi connectivity index (χ1n) is 8.03. The van der Waals surface area contributed by atoms with E-state index in [4.69, 9.17) is 14.2 Å². The van der Waals surface area contributed by atoms with Gasteiger partial charge >= 0.3 is 11.9 Å². The van der Waals surface area contributed by atoms with Crippen LogP contribution in [0.25, 0.3) is 0 Å². The molecule has 0 amide bonds. The number of carbonyl (C=O) groups excluding carboxylic acids is 2. The second-order valence-electron chi connectivity index (χ2n) is 5.60. The molecule has 128 valence electrons. The van der Waals surface area contributed by atoms with Gasteiger partial charge in [0, 0.05) is 6.42 Å². The zero-order chi connectivity index (χ0) is 17.5. The molecule has 25 heavy (non-hydrogen) atoms. The van der Waals surface area contributed by atoms with Crippen LogP contribution in [-0.4, -0.2) is 30.8 Å². The van der Waals surface area contributed by atoms with Crippen molar-refractivity contribution >= 4 is 11.9 Å². The summed E-state index contributed by atoms with van der Waals surface area (Å²) >= 11 is 0. The first-order valence-corrected chi connectivity index (χ1v) is 8.03. The SMILES string of the molecule is O=C(OC[C@@H]1C[C@H](OC(=O)c2ccccc2)C=CO1)c1ccccc1. The average Bonchev–Trinajstić information content (AvgIpc) is 2.68. The molecule has 2 aromatic rings. The van der Waals surface area contributed by atoms with Gasteiger partial charge in [-0.05, 0) is 30.3 Å². The molecule has 2 aromatic carbocycles. The molecule has 5 heteroatoms. The smallest absolute Gasteiger partial charge is 0.338 e. The Hall–Kier alpha value is -3.08. The summed E-state index contributed by atoms with van der Waals surface area (Å²) in [5.74, 6) is -0.797. The third-order valence-corrected chi connectivity index (χ3v) is 3.74. The van der Waals surface area contributed by atoms with Crippen LogP contribution in [0.2, 0.25) is 0 Å². The van der Waals surface area contributed by atoms with Crippen molar-refractivity contribution in [1.82, 2.24) is 0 Å². The van der Waals surface area contributed by atoms with Gasteiger partial charge in [-0.25, -0.2) is 9.59 Å². The third-order valence-electron chi connectivity index (χ3n) is 3.74. The molecule has 0 spiro atoms. The van der Waals surface area contributed by atoms with E-state index in [0.29, 0.717) is 17.5 Å². The van der Waals surface area contributed by atoms with E-state index < -0.39 is 18.0 Å². The van der Waals surface area contributed by atoms with Gasteiger partial charge in [0.1, 0.15) is 18.8 Å². The van der Waals surface area contributed by atoms with Crippen molar-refractivity contribution in [3.63, 3.8) is 0 Å². The van der Waals surface area contributed by atoms with Crippen LogP contribution >= 0.6 is 0 Å². The molecular weight excluding hydrogens is 320 g/mol. The van der Waals surface area contributed by atoms with Crippen LogP contribution in [0.15, 0.2) is 73.0 Å². The van der Waals surface area contributed by atoms with Crippen molar-refractivity contribution in [1.29, 1.82) is 0 Å². The third kappa shape index (κ3) is 4.70. The maximum absolute atomic E-state index is 12.1. The molecule has 5 nitrogen and oxygen atoms in total. The van der Waals surface area contributed by atoms with Gasteiger partial charge in [0.05, 0.1) is 17.4 Å². The Kier molecular flexibility index (Phi) is 5.46. The van der Waals surface area contributed by atoms with Crippen LogP contribution in [0, 0.1) is 0 Å². The molecule has 3 rings (SSSR count). The molecular formula is C20H18O5. The Morgan fingerprint density at radius 1 is 0.920 bits per heavy atom. The van der Waals surface area contributed by atoms with Gasteiger partial charge in [0.15, 0.2) is 0 Å². The van der Waals surface area contributed by atoms with Crippen molar-refractivity contribution in [2.75, 3.05) is 6.61 Å². The van der Waals surface area contributed by atoms with E-state index in [2.05, 4.69) is 0 Å². The zero-order valence-electron chi connectivity index (χ0n) is 13.5. The molecule has 0 unspecified atom stereocenters. The Bertz CT molecular complexity index is 739. The van der Waals surface area contributed by atoms with Gasteiger partial charge in [0.25, 0.3) is 0 Å². The highest BCUT2D eigenvalue weighted by Crippen LogP contribution is 2.17. The number of esters is 2. The fourth-order valence-corrected chi connectivity index (χ4v) is 2.44. The molecule has 0 radical (unpaired) electrons. The van der Waals surface area contributed by atoms with Gasteiger partial charge in [-0.1, -0.05) is 36.4 Å². The van der Waals surface area contributed by atoms with Crippen molar-refractivity contribution < 1.29 is 23.8 Å². The van der Waals surface area contributed by atoms with Crippen LogP contribution in [0.4, 0.5) is 0 Å². The summed E-state index contributed by atoms with van der Waals surface area (Å²) in [6.45, 7) is 0.0947. The van der Waals surface area contributed by atoms with E-state index in [1.54, 1.807) is 54.6 Å². The zero-order valence-corrected chi connectivity index (χ0v) is 13.5. The van der Waals surface area contributed by atoms with Crippen molar-refractivity contribution in [3.8, 4) is 0 Å². The Morgan fingerprint density at radius 2 is 1.52 bits per heavy atom. The lowest BCUT2D eigenvalue weighted by Gasteiger charge is -2.25. The first-order chi connectivity index (χ1) is 12.2. The van der Waals surface area contributed by atoms with E-state index in [1.807, 2.05) is 12.1 Å². The van der Waals surface area contributed by atoms with Crippen LogP contribution in [-0.2, 0) is 14.2 Å². The predicted octanol–water partition coefficient (Wildman–Crippen LogP) is 3.37. The van der Waals surface area contributed by atoms with Gasteiger partial charge in [-0.2, -0.15) is 0 Å². The highest BCUT2D eigenvalue weighted by atomic mass is 16.6. The Balaban J connectivity index is 1.50. The van der Waals surface area contributed by atoms with E-state index in [1.165, 1.54) is 6.26 Å². The number of hydrogen-bond acceptors (Lipinski definition) is 5. The van der Waals surface area contributed by atoms with Crippen LogP contribution < -0.4 is 0 Å². The largest absolute Gasteiger partial charge is 0.495 e. The topological polar surface area (TPSA) is 61.8 Å². The second-order valence-corrected chi connectivity index (χ2v) is 5.60. The maximum atomic E-state index is 12.1. The standard InChI is InChI=1S/C20H18O5/c21-19(15-7-3-1-4-8-15)24-14-18-13-17(11-12-23-18)25-20(22)16-9-5-2-6-10-16/h1-12,17-18H,13-14H2/t17-,18+/m1/s1. The van der Waals surface area contributed by atoms with Crippen molar-refractivity contribution in [3.05, 3.63) is 84.1 Å². The van der Waals surface area contributed by atoms with E-state index >= 15 is 0 Å². The monoisotopic (exact) mass is 338 g/mol. The molecule has 0 aliphatic carbocycles. The molecule has 0 saturated heterocycles. The molecule has 2 atom stereocenters. The number of benzene rings is 2. The normalized spacial score (nSPS) is 18.9. The summed E-state index contributed by atoms with van der Waals surface area (Å²) in [5.41, 5.74) is 0.982. The highest BCUT2D eigenvalue weighted by Gasteiger charge is 2.24. The summed E-state index contributed by atoms with van der Waals surface area (Å²) < 4.78 is 16.2. The molecule has 1 heterocycles. The van der Waals surface area contributed by atoms with Crippen LogP contribution in [0.1, 0.15) is 27.1 Å². The lowest BCUT2D eigenvalue weighted by molar-refractivity contribution is -0.0113. The molecule has 0 N–H and O–H groups in total. The number of carbonyl (C=O) groups is 2. The predicted molar refractivity (Wildman–Crippen MR) is 91.0 cm³/mol. The molecule has 0 bridgehead atoms. The lowest BCUT2D eigenvalue weighted by atomic mass is 10.1.